The second-order valence-electron chi connectivity index (χ2n) is 5.17. The van der Waals surface area contributed by atoms with Crippen LogP contribution in [0.2, 0.25) is 0 Å². The molecule has 116 valence electrons. The summed E-state index contributed by atoms with van der Waals surface area (Å²) in [5.74, 6) is 0.203. The number of nitro groups is 1. The molecule has 0 spiro atoms. The summed E-state index contributed by atoms with van der Waals surface area (Å²) >= 11 is 0. The highest BCUT2D eigenvalue weighted by atomic mass is 16.6. The van der Waals surface area contributed by atoms with Gasteiger partial charge in [0.25, 0.3) is 11.6 Å². The minimum atomic E-state index is -0.535. The van der Waals surface area contributed by atoms with Gasteiger partial charge in [-0.3, -0.25) is 14.9 Å². The molecule has 0 aliphatic heterocycles. The van der Waals surface area contributed by atoms with Crippen LogP contribution < -0.4 is 14.8 Å². The van der Waals surface area contributed by atoms with Crippen molar-refractivity contribution < 1.29 is 19.2 Å². The van der Waals surface area contributed by atoms with Gasteiger partial charge in [-0.2, -0.15) is 0 Å². The minimum Gasteiger partial charge on any atom is -0.493 e. The van der Waals surface area contributed by atoms with Gasteiger partial charge in [-0.1, -0.05) is 6.92 Å². The van der Waals surface area contributed by atoms with E-state index in [9.17, 15) is 14.9 Å². The second-order valence-corrected chi connectivity index (χ2v) is 5.17. The van der Waals surface area contributed by atoms with Gasteiger partial charge in [0.2, 0.25) is 0 Å². The maximum atomic E-state index is 11.8. The van der Waals surface area contributed by atoms with Gasteiger partial charge in [0.1, 0.15) is 0 Å². The fourth-order valence-electron chi connectivity index (χ4n) is 1.54. The predicted molar refractivity (Wildman–Crippen MR) is 77.7 cm³/mol. The molecule has 0 saturated carbocycles. The molecule has 0 saturated heterocycles. The normalized spacial score (nSPS) is 10.9. The van der Waals surface area contributed by atoms with Crippen LogP contribution in [0.3, 0.4) is 0 Å². The number of nitrogens with one attached hydrogen (secondary N) is 1. The van der Waals surface area contributed by atoms with Crippen molar-refractivity contribution in [3.63, 3.8) is 0 Å². The van der Waals surface area contributed by atoms with E-state index in [1.165, 1.54) is 25.3 Å². The second kappa shape index (κ2) is 6.92. The lowest BCUT2D eigenvalue weighted by Crippen LogP contribution is -2.44. The molecule has 0 atom stereocenters. The van der Waals surface area contributed by atoms with Crippen LogP contribution in [0.15, 0.2) is 18.2 Å². The van der Waals surface area contributed by atoms with Gasteiger partial charge in [-0.15, -0.1) is 0 Å². The van der Waals surface area contributed by atoms with E-state index in [0.29, 0.717) is 5.75 Å². The molecule has 0 radical (unpaired) electrons. The van der Waals surface area contributed by atoms with E-state index < -0.39 is 4.92 Å². The van der Waals surface area contributed by atoms with Gasteiger partial charge in [-0.05, 0) is 26.3 Å². The maximum absolute atomic E-state index is 11.8. The molecule has 0 fully saturated rings. The molecule has 1 aromatic rings. The number of ether oxygens (including phenoxy) is 2. The Morgan fingerprint density at radius 1 is 1.38 bits per heavy atom. The van der Waals surface area contributed by atoms with Gasteiger partial charge in [0.05, 0.1) is 18.1 Å². The van der Waals surface area contributed by atoms with E-state index in [0.717, 1.165) is 6.42 Å². The number of nitro benzene ring substituents is 1. The van der Waals surface area contributed by atoms with Crippen molar-refractivity contribution in [2.24, 2.45) is 0 Å². The third-order valence-corrected chi connectivity index (χ3v) is 3.08. The zero-order chi connectivity index (χ0) is 16.0. The van der Waals surface area contributed by atoms with Crippen molar-refractivity contribution in [1.29, 1.82) is 0 Å². The van der Waals surface area contributed by atoms with E-state index in [4.69, 9.17) is 9.47 Å². The highest BCUT2D eigenvalue weighted by Crippen LogP contribution is 2.31. The Morgan fingerprint density at radius 3 is 2.57 bits per heavy atom. The lowest BCUT2D eigenvalue weighted by atomic mass is 10.0. The number of benzene rings is 1. The first kappa shape index (κ1) is 16.7. The molecule has 7 nitrogen and oxygen atoms in total. The molecule has 0 aromatic heterocycles. The number of hydrogen-bond acceptors (Lipinski definition) is 5. The molecule has 1 rings (SSSR count). The molecule has 0 bridgehead atoms. The third kappa shape index (κ3) is 4.94. The Balaban J connectivity index is 2.76. The summed E-state index contributed by atoms with van der Waals surface area (Å²) in [4.78, 5) is 22.0. The molecule has 1 aromatic carbocycles. The summed E-state index contributed by atoms with van der Waals surface area (Å²) in [5, 5.41) is 13.6. The highest BCUT2D eigenvalue weighted by molar-refractivity contribution is 5.78. The smallest absolute Gasteiger partial charge is 0.273 e. The lowest BCUT2D eigenvalue weighted by Gasteiger charge is -2.24. The summed E-state index contributed by atoms with van der Waals surface area (Å²) in [6.07, 6.45) is 0.777. The van der Waals surface area contributed by atoms with Crippen molar-refractivity contribution in [2.75, 3.05) is 13.7 Å². The maximum Gasteiger partial charge on any atom is 0.273 e. The zero-order valence-electron chi connectivity index (χ0n) is 12.6. The van der Waals surface area contributed by atoms with Crippen LogP contribution in [0.4, 0.5) is 5.69 Å². The molecular formula is C14H20N2O5. The van der Waals surface area contributed by atoms with Gasteiger partial charge >= 0.3 is 0 Å². The first-order chi connectivity index (χ1) is 9.79. The molecule has 0 unspecified atom stereocenters. The van der Waals surface area contributed by atoms with Crippen molar-refractivity contribution in [3.05, 3.63) is 28.3 Å². The molecule has 21 heavy (non-hydrogen) atoms. The van der Waals surface area contributed by atoms with Crippen molar-refractivity contribution in [1.82, 2.24) is 5.32 Å². The molecule has 0 heterocycles. The topological polar surface area (TPSA) is 90.7 Å². The number of carbonyl (C=O) groups is 1. The number of hydrogen-bond donors (Lipinski definition) is 1. The summed E-state index contributed by atoms with van der Waals surface area (Å²) < 4.78 is 10.4. The predicted octanol–water partition coefficient (Wildman–Crippen LogP) is 2.29. The lowest BCUT2D eigenvalue weighted by molar-refractivity contribution is -0.385. The van der Waals surface area contributed by atoms with E-state index >= 15 is 0 Å². The van der Waals surface area contributed by atoms with Crippen LogP contribution in [0.1, 0.15) is 27.2 Å². The Morgan fingerprint density at radius 2 is 2.05 bits per heavy atom. The molecular weight excluding hydrogens is 276 g/mol. The minimum absolute atomic E-state index is 0.125. The van der Waals surface area contributed by atoms with Crippen molar-refractivity contribution in [2.45, 2.75) is 32.7 Å². The number of carbonyl (C=O) groups excluding carboxylic acids is 1. The van der Waals surface area contributed by atoms with E-state index in [-0.39, 0.29) is 29.5 Å². The number of non-ortho nitro benzene ring substituents is 1. The first-order valence-electron chi connectivity index (χ1n) is 6.55. The SMILES string of the molecule is CCC(C)(C)NC(=O)COc1cc([N+](=O)[O-])ccc1OC. The number of methoxy groups -OCH3 is 1. The Hall–Kier alpha value is -2.31. The van der Waals surface area contributed by atoms with Crippen LogP contribution in [0.25, 0.3) is 0 Å². The fraction of sp³-hybridized carbons (Fsp3) is 0.500. The summed E-state index contributed by atoms with van der Waals surface area (Å²) in [7, 11) is 1.42. The molecule has 0 aliphatic rings. The fourth-order valence-corrected chi connectivity index (χ4v) is 1.54. The molecule has 1 amide bonds. The van der Waals surface area contributed by atoms with E-state index in [2.05, 4.69) is 5.32 Å². The third-order valence-electron chi connectivity index (χ3n) is 3.08. The quantitative estimate of drug-likeness (QED) is 0.615. The Labute approximate surface area is 123 Å². The van der Waals surface area contributed by atoms with E-state index in [1.54, 1.807) is 0 Å². The van der Waals surface area contributed by atoms with Crippen molar-refractivity contribution >= 4 is 11.6 Å². The summed E-state index contributed by atoms with van der Waals surface area (Å²) in [6.45, 7) is 5.53. The van der Waals surface area contributed by atoms with Crippen LogP contribution in [0, 0.1) is 10.1 Å². The van der Waals surface area contributed by atoms with Crippen molar-refractivity contribution in [3.8, 4) is 11.5 Å². The Kier molecular flexibility index (Phi) is 5.52. The first-order valence-corrected chi connectivity index (χ1v) is 6.55. The van der Waals surface area contributed by atoms with Gasteiger partial charge in [0.15, 0.2) is 18.1 Å². The average molecular weight is 296 g/mol. The zero-order valence-corrected chi connectivity index (χ0v) is 12.6. The van der Waals surface area contributed by atoms with Gasteiger partial charge in [-0.25, -0.2) is 0 Å². The van der Waals surface area contributed by atoms with Crippen LogP contribution in [0.5, 0.6) is 11.5 Å². The molecule has 1 N–H and O–H groups in total. The monoisotopic (exact) mass is 296 g/mol. The number of rotatable bonds is 7. The van der Waals surface area contributed by atoms with Gasteiger partial charge in [0, 0.05) is 11.6 Å². The van der Waals surface area contributed by atoms with Gasteiger partial charge < -0.3 is 14.8 Å². The van der Waals surface area contributed by atoms with Crippen LogP contribution in [-0.4, -0.2) is 30.1 Å². The van der Waals surface area contributed by atoms with Crippen LogP contribution >= 0.6 is 0 Å². The number of nitrogens with zero attached hydrogens (tertiary/aromatic N) is 1. The Bertz CT molecular complexity index is 528. The van der Waals surface area contributed by atoms with E-state index in [1.807, 2.05) is 20.8 Å². The number of amides is 1. The highest BCUT2D eigenvalue weighted by Gasteiger charge is 2.19. The standard InChI is InChI=1S/C14H20N2O5/c1-5-14(2,3)15-13(17)9-21-12-8-10(16(18)19)6-7-11(12)20-4/h6-8H,5,9H2,1-4H3,(H,15,17). The average Bonchev–Trinajstić information content (AvgIpc) is 2.44. The largest absolute Gasteiger partial charge is 0.493 e. The summed E-state index contributed by atoms with van der Waals surface area (Å²) in [5.41, 5.74) is -0.451. The summed E-state index contributed by atoms with van der Waals surface area (Å²) in [6, 6.07) is 3.98. The van der Waals surface area contributed by atoms with Crippen LogP contribution in [-0.2, 0) is 4.79 Å². The molecule has 7 heteroatoms. The molecule has 0 aliphatic carbocycles.